The summed E-state index contributed by atoms with van der Waals surface area (Å²) >= 11 is 1.63. The smallest absolute Gasteiger partial charge is 0.0795 e. The highest BCUT2D eigenvalue weighted by molar-refractivity contribution is 7.07. The van der Waals surface area contributed by atoms with E-state index >= 15 is 0 Å². The third-order valence-corrected chi connectivity index (χ3v) is 3.46. The van der Waals surface area contributed by atoms with Crippen LogP contribution < -0.4 is 10.6 Å². The Morgan fingerprint density at radius 3 is 2.83 bits per heavy atom. The average molecular weight is 261 g/mol. The largest absolute Gasteiger partial charge is 0.368 e. The van der Waals surface area contributed by atoms with Crippen LogP contribution >= 0.6 is 11.3 Å². The van der Waals surface area contributed by atoms with Gasteiger partial charge in [0.15, 0.2) is 0 Å². The lowest BCUT2D eigenvalue weighted by Gasteiger charge is -2.22. The second kappa shape index (κ2) is 5.98. The van der Waals surface area contributed by atoms with Gasteiger partial charge in [0.25, 0.3) is 0 Å². The zero-order chi connectivity index (χ0) is 13.0. The van der Waals surface area contributed by atoms with Gasteiger partial charge in [0.05, 0.1) is 17.7 Å². The van der Waals surface area contributed by atoms with E-state index in [1.54, 1.807) is 11.3 Å². The molecule has 96 valence electrons. The molecule has 0 fully saturated rings. The Balaban J connectivity index is 2.16. The molecular weight excluding hydrogens is 242 g/mol. The summed E-state index contributed by atoms with van der Waals surface area (Å²) < 4.78 is 0. The van der Waals surface area contributed by atoms with Crippen LogP contribution in [0.25, 0.3) is 0 Å². The van der Waals surface area contributed by atoms with Crippen molar-refractivity contribution in [2.24, 2.45) is 5.73 Å². The first kappa shape index (κ1) is 13.1. The maximum Gasteiger partial charge on any atom is 0.0795 e. The topological polar surface area (TPSA) is 42.1 Å². The van der Waals surface area contributed by atoms with Crippen molar-refractivity contribution >= 4 is 17.0 Å². The zero-order valence-corrected chi connectivity index (χ0v) is 11.7. The van der Waals surface area contributed by atoms with Crippen molar-refractivity contribution < 1.29 is 0 Å². The highest BCUT2D eigenvalue weighted by Gasteiger charge is 2.09. The number of hydrogen-bond acceptors (Lipinski definition) is 4. The number of thiazole rings is 1. The van der Waals surface area contributed by atoms with Crippen molar-refractivity contribution in [2.45, 2.75) is 25.9 Å². The summed E-state index contributed by atoms with van der Waals surface area (Å²) in [7, 11) is 2.10. The number of nitrogens with zero attached hydrogens (tertiary/aromatic N) is 2. The third-order valence-electron chi connectivity index (χ3n) is 2.83. The predicted octanol–water partition coefficient (Wildman–Crippen LogP) is 2.67. The quantitative estimate of drug-likeness (QED) is 0.899. The van der Waals surface area contributed by atoms with Gasteiger partial charge in [-0.25, -0.2) is 4.98 Å². The van der Waals surface area contributed by atoms with E-state index in [1.807, 2.05) is 12.4 Å². The summed E-state index contributed by atoms with van der Waals surface area (Å²) in [6, 6.07) is 8.61. The van der Waals surface area contributed by atoms with Crippen molar-refractivity contribution in [3.8, 4) is 0 Å². The molecule has 0 bridgehead atoms. The number of anilines is 1. The fourth-order valence-corrected chi connectivity index (χ4v) is 2.60. The minimum atomic E-state index is 0.179. The molecule has 0 aliphatic heterocycles. The van der Waals surface area contributed by atoms with Crippen molar-refractivity contribution in [1.29, 1.82) is 0 Å². The maximum atomic E-state index is 5.90. The van der Waals surface area contributed by atoms with Crippen LogP contribution in [-0.2, 0) is 13.0 Å². The number of aromatic nitrogens is 1. The molecule has 0 aliphatic carbocycles. The molecule has 0 saturated heterocycles. The first-order chi connectivity index (χ1) is 8.66. The average Bonchev–Trinajstić information content (AvgIpc) is 2.81. The van der Waals surface area contributed by atoms with Crippen molar-refractivity contribution in [1.82, 2.24) is 4.98 Å². The molecule has 0 aliphatic rings. The van der Waals surface area contributed by atoms with E-state index in [0.717, 1.165) is 18.7 Å². The van der Waals surface area contributed by atoms with Gasteiger partial charge in [-0.2, -0.15) is 0 Å². The van der Waals surface area contributed by atoms with Crippen molar-refractivity contribution in [2.75, 3.05) is 11.9 Å². The summed E-state index contributed by atoms with van der Waals surface area (Å²) in [6.45, 7) is 2.87. The Morgan fingerprint density at radius 1 is 1.39 bits per heavy atom. The molecule has 2 aromatic rings. The molecule has 1 aromatic carbocycles. The van der Waals surface area contributed by atoms with Crippen LogP contribution in [0.15, 0.2) is 35.2 Å². The monoisotopic (exact) mass is 261 g/mol. The second-order valence-corrected chi connectivity index (χ2v) is 5.36. The number of hydrogen-bond donors (Lipinski definition) is 1. The molecule has 4 heteroatoms. The minimum Gasteiger partial charge on any atom is -0.368 e. The van der Waals surface area contributed by atoms with Gasteiger partial charge in [-0.3, -0.25) is 0 Å². The van der Waals surface area contributed by atoms with E-state index in [1.165, 1.54) is 11.3 Å². The van der Waals surface area contributed by atoms with Crippen LogP contribution in [0.3, 0.4) is 0 Å². The summed E-state index contributed by atoms with van der Waals surface area (Å²) in [5.41, 5.74) is 11.4. The molecule has 0 amide bonds. The van der Waals surface area contributed by atoms with Gasteiger partial charge in [0.1, 0.15) is 0 Å². The lowest BCUT2D eigenvalue weighted by Crippen LogP contribution is -2.22. The van der Waals surface area contributed by atoms with Crippen LogP contribution in [0.2, 0.25) is 0 Å². The molecule has 0 saturated carbocycles. The number of para-hydroxylation sites is 1. The van der Waals surface area contributed by atoms with Gasteiger partial charge in [-0.1, -0.05) is 18.2 Å². The molecule has 1 heterocycles. The van der Waals surface area contributed by atoms with Crippen molar-refractivity contribution in [3.05, 3.63) is 46.4 Å². The third kappa shape index (κ3) is 3.31. The lowest BCUT2D eigenvalue weighted by molar-refractivity contribution is 0.733. The van der Waals surface area contributed by atoms with E-state index in [4.69, 9.17) is 5.73 Å². The fraction of sp³-hybridized carbons (Fsp3) is 0.357. The first-order valence-electron chi connectivity index (χ1n) is 6.08. The molecule has 0 radical (unpaired) electrons. The summed E-state index contributed by atoms with van der Waals surface area (Å²) in [5.74, 6) is 0. The molecule has 1 aromatic heterocycles. The van der Waals surface area contributed by atoms with Crippen LogP contribution in [0.4, 0.5) is 5.69 Å². The molecule has 1 atom stereocenters. The molecule has 2 rings (SSSR count). The molecule has 2 N–H and O–H groups in total. The normalized spacial score (nSPS) is 12.4. The Bertz CT molecular complexity index is 480. The maximum absolute atomic E-state index is 5.90. The van der Waals surface area contributed by atoms with E-state index in [0.29, 0.717) is 0 Å². The Hall–Kier alpha value is -1.39. The van der Waals surface area contributed by atoms with E-state index in [9.17, 15) is 0 Å². The highest BCUT2D eigenvalue weighted by atomic mass is 32.1. The molecule has 3 nitrogen and oxygen atoms in total. The van der Waals surface area contributed by atoms with Gasteiger partial charge >= 0.3 is 0 Å². The van der Waals surface area contributed by atoms with Gasteiger partial charge in [0.2, 0.25) is 0 Å². The molecular formula is C14H19N3S. The first-order valence-corrected chi connectivity index (χ1v) is 7.03. The number of benzene rings is 1. The Morgan fingerprint density at radius 2 is 2.17 bits per heavy atom. The van der Waals surface area contributed by atoms with Crippen LogP contribution in [0.5, 0.6) is 0 Å². The standard InChI is InChI=1S/C14H19N3S/c1-11(15)7-12-5-3-4-6-14(12)17(2)8-13-9-18-10-16-13/h3-6,9-11H,7-8,15H2,1-2H3. The number of rotatable bonds is 5. The van der Waals surface area contributed by atoms with Crippen molar-refractivity contribution in [3.63, 3.8) is 0 Å². The molecule has 0 spiro atoms. The van der Waals surface area contributed by atoms with Crippen LogP contribution in [0, 0.1) is 0 Å². The highest BCUT2D eigenvalue weighted by Crippen LogP contribution is 2.22. The van der Waals surface area contributed by atoms with Crippen LogP contribution in [0.1, 0.15) is 18.2 Å². The minimum absolute atomic E-state index is 0.179. The number of nitrogens with two attached hydrogens (primary N) is 1. The Kier molecular flexibility index (Phi) is 4.33. The zero-order valence-electron chi connectivity index (χ0n) is 10.8. The fourth-order valence-electron chi connectivity index (χ4n) is 2.05. The summed E-state index contributed by atoms with van der Waals surface area (Å²) in [5, 5.41) is 2.09. The van der Waals surface area contributed by atoms with E-state index in [2.05, 4.69) is 46.6 Å². The van der Waals surface area contributed by atoms with Gasteiger partial charge < -0.3 is 10.6 Å². The predicted molar refractivity (Wildman–Crippen MR) is 78.0 cm³/mol. The van der Waals surface area contributed by atoms with Gasteiger partial charge in [-0.15, -0.1) is 11.3 Å². The molecule has 1 unspecified atom stereocenters. The Labute approximate surface area is 112 Å². The summed E-state index contributed by atoms with van der Waals surface area (Å²) in [4.78, 5) is 6.55. The molecule has 18 heavy (non-hydrogen) atoms. The lowest BCUT2D eigenvalue weighted by atomic mass is 10.0. The van der Waals surface area contributed by atoms with E-state index < -0.39 is 0 Å². The van der Waals surface area contributed by atoms with Gasteiger partial charge in [-0.05, 0) is 25.0 Å². The van der Waals surface area contributed by atoms with Gasteiger partial charge in [0, 0.05) is 24.2 Å². The summed E-state index contributed by atoms with van der Waals surface area (Å²) in [6.07, 6.45) is 0.900. The van der Waals surface area contributed by atoms with Crippen LogP contribution in [-0.4, -0.2) is 18.1 Å². The second-order valence-electron chi connectivity index (χ2n) is 4.65. The van der Waals surface area contributed by atoms with E-state index in [-0.39, 0.29) is 6.04 Å². The SMILES string of the molecule is CC(N)Cc1ccccc1N(C)Cc1cscn1.